The molecular weight excluding hydrogens is 152 g/mol. The van der Waals surface area contributed by atoms with E-state index >= 15 is 0 Å². The standard InChI is InChI=1S/C10H20O2/c1-4-5-9(11)10(12)7-6-8(2)3/h8,10,12H,4-7H2,1-3H3. The highest BCUT2D eigenvalue weighted by Gasteiger charge is 2.13. The fraction of sp³-hybridized carbons (Fsp3) is 0.900. The third-order valence-electron chi connectivity index (χ3n) is 1.89. The zero-order chi connectivity index (χ0) is 9.56. The number of hydrogen-bond acceptors (Lipinski definition) is 2. The summed E-state index contributed by atoms with van der Waals surface area (Å²) in [5, 5.41) is 9.35. The van der Waals surface area contributed by atoms with Gasteiger partial charge in [0.2, 0.25) is 0 Å². The van der Waals surface area contributed by atoms with Gasteiger partial charge in [-0.3, -0.25) is 4.79 Å². The van der Waals surface area contributed by atoms with E-state index in [-0.39, 0.29) is 5.78 Å². The summed E-state index contributed by atoms with van der Waals surface area (Å²) in [5.74, 6) is 0.562. The third kappa shape index (κ3) is 5.30. The van der Waals surface area contributed by atoms with Gasteiger partial charge < -0.3 is 5.11 Å². The Hall–Kier alpha value is -0.370. The van der Waals surface area contributed by atoms with Crippen molar-refractivity contribution in [2.75, 3.05) is 0 Å². The summed E-state index contributed by atoms with van der Waals surface area (Å²) in [5.41, 5.74) is 0. The maximum atomic E-state index is 11.1. The minimum absolute atomic E-state index is 0.00171. The molecule has 0 aliphatic heterocycles. The van der Waals surface area contributed by atoms with E-state index in [0.717, 1.165) is 12.8 Å². The monoisotopic (exact) mass is 172 g/mol. The molecule has 12 heavy (non-hydrogen) atoms. The molecule has 0 spiro atoms. The summed E-state index contributed by atoms with van der Waals surface area (Å²) < 4.78 is 0. The second-order valence-corrected chi connectivity index (χ2v) is 3.70. The van der Waals surface area contributed by atoms with Gasteiger partial charge >= 0.3 is 0 Å². The highest BCUT2D eigenvalue weighted by Crippen LogP contribution is 2.08. The lowest BCUT2D eigenvalue weighted by atomic mass is 10.0. The SMILES string of the molecule is CCCC(=O)C(O)CCC(C)C. The van der Waals surface area contributed by atoms with E-state index < -0.39 is 6.10 Å². The first kappa shape index (κ1) is 11.6. The van der Waals surface area contributed by atoms with Gasteiger partial charge in [-0.15, -0.1) is 0 Å². The van der Waals surface area contributed by atoms with Crippen LogP contribution >= 0.6 is 0 Å². The van der Waals surface area contributed by atoms with Gasteiger partial charge in [0.15, 0.2) is 5.78 Å². The fourth-order valence-electron chi connectivity index (χ4n) is 1.07. The van der Waals surface area contributed by atoms with Gasteiger partial charge in [-0.25, -0.2) is 0 Å². The Kier molecular flexibility index (Phi) is 5.99. The van der Waals surface area contributed by atoms with Crippen molar-refractivity contribution in [3.05, 3.63) is 0 Å². The van der Waals surface area contributed by atoms with Crippen LogP contribution in [0.1, 0.15) is 46.5 Å². The molecule has 0 rings (SSSR count). The van der Waals surface area contributed by atoms with Gasteiger partial charge in [0.25, 0.3) is 0 Å². The number of ketones is 1. The third-order valence-corrected chi connectivity index (χ3v) is 1.89. The molecule has 0 aromatic rings. The molecule has 0 aromatic carbocycles. The Morgan fingerprint density at radius 1 is 1.33 bits per heavy atom. The zero-order valence-electron chi connectivity index (χ0n) is 8.34. The van der Waals surface area contributed by atoms with Crippen LogP contribution in [0.3, 0.4) is 0 Å². The maximum Gasteiger partial charge on any atom is 0.161 e. The van der Waals surface area contributed by atoms with Gasteiger partial charge in [0, 0.05) is 6.42 Å². The summed E-state index contributed by atoms with van der Waals surface area (Å²) in [7, 11) is 0. The molecular formula is C10H20O2. The topological polar surface area (TPSA) is 37.3 Å². The van der Waals surface area contributed by atoms with Crippen molar-refractivity contribution in [3.63, 3.8) is 0 Å². The van der Waals surface area contributed by atoms with E-state index in [2.05, 4.69) is 13.8 Å². The Morgan fingerprint density at radius 2 is 1.92 bits per heavy atom. The summed E-state index contributed by atoms with van der Waals surface area (Å²) in [6, 6.07) is 0. The molecule has 2 nitrogen and oxygen atoms in total. The molecule has 0 aromatic heterocycles. The Labute approximate surface area is 75.0 Å². The van der Waals surface area contributed by atoms with E-state index in [1.54, 1.807) is 0 Å². The molecule has 0 saturated carbocycles. The van der Waals surface area contributed by atoms with E-state index in [1.165, 1.54) is 0 Å². The second-order valence-electron chi connectivity index (χ2n) is 3.70. The van der Waals surface area contributed by atoms with Gasteiger partial charge in [0.1, 0.15) is 6.10 Å². The molecule has 0 fully saturated rings. The molecule has 0 amide bonds. The van der Waals surface area contributed by atoms with Crippen LogP contribution in [-0.2, 0) is 4.79 Å². The Morgan fingerprint density at radius 3 is 2.33 bits per heavy atom. The van der Waals surface area contributed by atoms with Crippen molar-refractivity contribution in [2.24, 2.45) is 5.92 Å². The van der Waals surface area contributed by atoms with E-state index in [0.29, 0.717) is 18.8 Å². The molecule has 0 bridgehead atoms. The van der Waals surface area contributed by atoms with Crippen molar-refractivity contribution >= 4 is 5.78 Å². The molecule has 72 valence electrons. The first-order valence-corrected chi connectivity index (χ1v) is 4.78. The van der Waals surface area contributed by atoms with Crippen LogP contribution in [-0.4, -0.2) is 17.0 Å². The Bertz CT molecular complexity index is 130. The van der Waals surface area contributed by atoms with Gasteiger partial charge in [0.05, 0.1) is 0 Å². The first-order valence-electron chi connectivity index (χ1n) is 4.78. The predicted molar refractivity (Wildman–Crippen MR) is 50.0 cm³/mol. The Balaban J connectivity index is 3.56. The number of rotatable bonds is 6. The molecule has 2 heteroatoms. The van der Waals surface area contributed by atoms with Crippen LogP contribution in [0.15, 0.2) is 0 Å². The highest BCUT2D eigenvalue weighted by molar-refractivity contribution is 5.82. The van der Waals surface area contributed by atoms with Gasteiger partial charge in [-0.2, -0.15) is 0 Å². The van der Waals surface area contributed by atoms with Gasteiger partial charge in [-0.05, 0) is 25.2 Å². The zero-order valence-corrected chi connectivity index (χ0v) is 8.34. The van der Waals surface area contributed by atoms with Crippen LogP contribution in [0.25, 0.3) is 0 Å². The van der Waals surface area contributed by atoms with Crippen molar-refractivity contribution in [1.82, 2.24) is 0 Å². The summed E-state index contributed by atoms with van der Waals surface area (Å²) in [6.45, 7) is 6.14. The number of Topliss-reactive ketones (excluding diaryl/α,β-unsaturated/α-hetero) is 1. The van der Waals surface area contributed by atoms with E-state index in [4.69, 9.17) is 0 Å². The lowest BCUT2D eigenvalue weighted by Crippen LogP contribution is -2.20. The minimum Gasteiger partial charge on any atom is -0.385 e. The van der Waals surface area contributed by atoms with Crippen LogP contribution in [0, 0.1) is 5.92 Å². The molecule has 1 N–H and O–H groups in total. The van der Waals surface area contributed by atoms with Crippen LogP contribution in [0.4, 0.5) is 0 Å². The van der Waals surface area contributed by atoms with Gasteiger partial charge in [-0.1, -0.05) is 20.8 Å². The number of aliphatic hydroxyl groups is 1. The molecule has 1 unspecified atom stereocenters. The molecule has 1 atom stereocenters. The summed E-state index contributed by atoms with van der Waals surface area (Å²) in [4.78, 5) is 11.1. The summed E-state index contributed by atoms with van der Waals surface area (Å²) >= 11 is 0. The van der Waals surface area contributed by atoms with Crippen LogP contribution in [0.2, 0.25) is 0 Å². The molecule has 0 aliphatic carbocycles. The maximum absolute atomic E-state index is 11.1. The minimum atomic E-state index is -0.715. The molecule has 0 aliphatic rings. The van der Waals surface area contributed by atoms with Crippen molar-refractivity contribution in [1.29, 1.82) is 0 Å². The van der Waals surface area contributed by atoms with Crippen LogP contribution in [0.5, 0.6) is 0 Å². The first-order chi connectivity index (χ1) is 5.57. The predicted octanol–water partition coefficient (Wildman–Crippen LogP) is 2.15. The summed E-state index contributed by atoms with van der Waals surface area (Å²) in [6.07, 6.45) is 2.18. The quantitative estimate of drug-likeness (QED) is 0.666. The number of carbonyl (C=O) groups excluding carboxylic acids is 1. The van der Waals surface area contributed by atoms with Crippen molar-refractivity contribution in [3.8, 4) is 0 Å². The normalized spacial score (nSPS) is 13.4. The highest BCUT2D eigenvalue weighted by atomic mass is 16.3. The van der Waals surface area contributed by atoms with E-state index in [9.17, 15) is 9.90 Å². The van der Waals surface area contributed by atoms with Crippen molar-refractivity contribution in [2.45, 2.75) is 52.6 Å². The fourth-order valence-corrected chi connectivity index (χ4v) is 1.07. The smallest absolute Gasteiger partial charge is 0.161 e. The average molecular weight is 172 g/mol. The lowest BCUT2D eigenvalue weighted by Gasteiger charge is -2.09. The van der Waals surface area contributed by atoms with Crippen molar-refractivity contribution < 1.29 is 9.90 Å². The lowest BCUT2D eigenvalue weighted by molar-refractivity contribution is -0.127. The average Bonchev–Trinajstić information content (AvgIpc) is 2.00. The number of carbonyl (C=O) groups is 1. The number of hydrogen-bond donors (Lipinski definition) is 1. The second kappa shape index (κ2) is 6.18. The molecule has 0 saturated heterocycles. The molecule has 0 heterocycles. The van der Waals surface area contributed by atoms with Crippen LogP contribution < -0.4 is 0 Å². The van der Waals surface area contributed by atoms with E-state index in [1.807, 2.05) is 6.92 Å². The largest absolute Gasteiger partial charge is 0.385 e. The molecule has 0 radical (unpaired) electrons. The number of aliphatic hydroxyl groups excluding tert-OH is 1.